The second-order valence-electron chi connectivity index (χ2n) is 5.02. The van der Waals surface area contributed by atoms with E-state index in [1.165, 1.54) is 13.2 Å². The molecule has 5 heteroatoms. The van der Waals surface area contributed by atoms with Gasteiger partial charge in [-0.15, -0.1) is 0 Å². The molecule has 0 saturated heterocycles. The molecule has 5 nitrogen and oxygen atoms in total. The van der Waals surface area contributed by atoms with Gasteiger partial charge in [0.2, 0.25) is 0 Å². The molecule has 0 saturated carbocycles. The maximum absolute atomic E-state index is 11.6. The third-order valence-corrected chi connectivity index (χ3v) is 3.43. The predicted octanol–water partition coefficient (Wildman–Crippen LogP) is 2.82. The van der Waals surface area contributed by atoms with E-state index in [9.17, 15) is 9.90 Å². The van der Waals surface area contributed by atoms with Crippen LogP contribution in [0.4, 0.5) is 0 Å². The van der Waals surface area contributed by atoms with Crippen molar-refractivity contribution in [1.82, 2.24) is 0 Å². The van der Waals surface area contributed by atoms with Crippen molar-refractivity contribution in [3.8, 4) is 5.75 Å². The highest BCUT2D eigenvalue weighted by Gasteiger charge is 2.28. The van der Waals surface area contributed by atoms with Crippen LogP contribution in [0.15, 0.2) is 45.6 Å². The van der Waals surface area contributed by atoms with Crippen LogP contribution >= 0.6 is 0 Å². The molecule has 0 unspecified atom stereocenters. The van der Waals surface area contributed by atoms with E-state index in [4.69, 9.17) is 13.9 Å². The molecule has 0 radical (unpaired) electrons. The van der Waals surface area contributed by atoms with E-state index >= 15 is 0 Å². The van der Waals surface area contributed by atoms with Gasteiger partial charge in [0.1, 0.15) is 23.5 Å². The van der Waals surface area contributed by atoms with Gasteiger partial charge in [-0.3, -0.25) is 0 Å². The molecule has 2 rings (SSSR count). The predicted molar refractivity (Wildman–Crippen MR) is 84.2 cm³/mol. The number of aliphatic hydroxyl groups is 1. The molecule has 0 aliphatic heterocycles. The average molecular weight is 304 g/mol. The van der Waals surface area contributed by atoms with E-state index in [1.807, 2.05) is 6.92 Å². The molecule has 2 aromatic rings. The normalized spacial score (nSPS) is 13.8. The number of rotatable bonds is 6. The van der Waals surface area contributed by atoms with Gasteiger partial charge in [-0.25, -0.2) is 4.79 Å². The first-order chi connectivity index (χ1) is 10.5. The van der Waals surface area contributed by atoms with Crippen molar-refractivity contribution >= 4 is 11.0 Å². The topological polar surface area (TPSA) is 68.9 Å². The minimum atomic E-state index is -0.940. The first-order valence-electron chi connectivity index (χ1n) is 7.05. The fraction of sp³-hybridized carbons (Fsp3) is 0.353. The molecule has 1 heterocycles. The molecule has 22 heavy (non-hydrogen) atoms. The minimum absolute atomic E-state index is 0.352. The molecule has 0 bridgehead atoms. The van der Waals surface area contributed by atoms with E-state index in [1.54, 1.807) is 25.1 Å². The molecule has 0 aliphatic carbocycles. The Bertz CT molecular complexity index is 731. The van der Waals surface area contributed by atoms with E-state index in [0.717, 1.165) is 5.39 Å². The zero-order valence-electron chi connectivity index (χ0n) is 13.0. The molecular weight excluding hydrogens is 284 g/mol. The molecule has 0 amide bonds. The number of ether oxygens (including phenoxy) is 2. The third kappa shape index (κ3) is 3.05. The fourth-order valence-electron chi connectivity index (χ4n) is 2.35. The van der Waals surface area contributed by atoms with Crippen LogP contribution in [0.2, 0.25) is 0 Å². The van der Waals surface area contributed by atoms with Gasteiger partial charge in [-0.2, -0.15) is 0 Å². The molecular formula is C17H20O5. The van der Waals surface area contributed by atoms with E-state index in [0.29, 0.717) is 29.1 Å². The second kappa shape index (κ2) is 6.77. The summed E-state index contributed by atoms with van der Waals surface area (Å²) in [5, 5.41) is 11.2. The van der Waals surface area contributed by atoms with Crippen molar-refractivity contribution in [2.24, 2.45) is 0 Å². The smallest absolute Gasteiger partial charge is 0.336 e. The van der Waals surface area contributed by atoms with Crippen molar-refractivity contribution in [3.05, 3.63) is 52.4 Å². The second-order valence-corrected chi connectivity index (χ2v) is 5.02. The summed E-state index contributed by atoms with van der Waals surface area (Å²) in [5.41, 5.74) is 0.943. The van der Waals surface area contributed by atoms with Crippen LogP contribution in [-0.4, -0.2) is 24.9 Å². The highest BCUT2D eigenvalue weighted by atomic mass is 16.5. The van der Waals surface area contributed by atoms with Gasteiger partial charge in [0.25, 0.3) is 0 Å². The van der Waals surface area contributed by atoms with Gasteiger partial charge in [-0.1, -0.05) is 6.58 Å². The minimum Gasteiger partial charge on any atom is -0.496 e. The molecule has 0 aliphatic rings. The van der Waals surface area contributed by atoms with Crippen LogP contribution < -0.4 is 10.4 Å². The number of fused-ring (bicyclic) bond motifs is 1. The first kappa shape index (κ1) is 16.3. The Morgan fingerprint density at radius 2 is 2.05 bits per heavy atom. The van der Waals surface area contributed by atoms with Crippen LogP contribution in [0, 0.1) is 0 Å². The highest BCUT2D eigenvalue weighted by molar-refractivity contribution is 5.82. The summed E-state index contributed by atoms with van der Waals surface area (Å²) in [6.45, 7) is 7.69. The van der Waals surface area contributed by atoms with Gasteiger partial charge in [0.05, 0.1) is 12.7 Å². The Labute approximate surface area is 128 Å². The molecule has 0 fully saturated rings. The summed E-state index contributed by atoms with van der Waals surface area (Å²) in [5.74, 6) is 0.487. The third-order valence-electron chi connectivity index (χ3n) is 3.43. The lowest BCUT2D eigenvalue weighted by Crippen LogP contribution is -2.23. The Hall–Kier alpha value is -2.11. The lowest BCUT2D eigenvalue weighted by atomic mass is 9.97. The van der Waals surface area contributed by atoms with Crippen LogP contribution in [0.25, 0.3) is 11.0 Å². The van der Waals surface area contributed by atoms with Crippen molar-refractivity contribution in [2.75, 3.05) is 13.7 Å². The quantitative estimate of drug-likeness (QED) is 0.656. The number of methoxy groups -OCH3 is 1. The fourth-order valence-corrected chi connectivity index (χ4v) is 2.35. The van der Waals surface area contributed by atoms with Crippen molar-refractivity contribution < 1.29 is 19.0 Å². The summed E-state index contributed by atoms with van der Waals surface area (Å²) in [4.78, 5) is 11.6. The number of benzene rings is 1. The number of aliphatic hydroxyl groups excluding tert-OH is 1. The zero-order valence-corrected chi connectivity index (χ0v) is 13.0. The molecule has 118 valence electrons. The van der Waals surface area contributed by atoms with E-state index in [-0.39, 0.29) is 0 Å². The van der Waals surface area contributed by atoms with Gasteiger partial charge in [-0.05, 0) is 37.6 Å². The standard InChI is InChI=1S/C17H20O5/c1-5-21-17(15(19)10(2)3)14-12(20-4)8-6-11-7-9-13(18)22-16(11)14/h6-9,15,17,19H,2,5H2,1,3-4H3/t15-,17-/m0/s1. The summed E-state index contributed by atoms with van der Waals surface area (Å²) in [6.07, 6.45) is -1.67. The monoisotopic (exact) mass is 304 g/mol. The average Bonchev–Trinajstić information content (AvgIpc) is 2.51. The largest absolute Gasteiger partial charge is 0.496 e. The summed E-state index contributed by atoms with van der Waals surface area (Å²) in [6, 6.07) is 6.56. The van der Waals surface area contributed by atoms with Crippen LogP contribution in [0.1, 0.15) is 25.5 Å². The van der Waals surface area contributed by atoms with Gasteiger partial charge < -0.3 is 19.0 Å². The van der Waals surface area contributed by atoms with Gasteiger partial charge in [0, 0.05) is 18.1 Å². The lowest BCUT2D eigenvalue weighted by Gasteiger charge is -2.25. The first-order valence-corrected chi connectivity index (χ1v) is 7.05. The van der Waals surface area contributed by atoms with Gasteiger partial charge in [0.15, 0.2) is 0 Å². The lowest BCUT2D eigenvalue weighted by molar-refractivity contribution is -0.0188. The molecule has 1 aromatic heterocycles. The van der Waals surface area contributed by atoms with Gasteiger partial charge >= 0.3 is 5.63 Å². The van der Waals surface area contributed by atoms with Crippen LogP contribution in [-0.2, 0) is 4.74 Å². The number of hydrogen-bond donors (Lipinski definition) is 1. The maximum atomic E-state index is 11.6. The highest BCUT2D eigenvalue weighted by Crippen LogP contribution is 2.37. The Morgan fingerprint density at radius 1 is 1.36 bits per heavy atom. The maximum Gasteiger partial charge on any atom is 0.336 e. The Kier molecular flexibility index (Phi) is 5.00. The molecule has 1 aromatic carbocycles. The Morgan fingerprint density at radius 3 is 2.64 bits per heavy atom. The summed E-state index contributed by atoms with van der Waals surface area (Å²) >= 11 is 0. The zero-order chi connectivity index (χ0) is 16.3. The van der Waals surface area contributed by atoms with E-state index in [2.05, 4.69) is 6.58 Å². The van der Waals surface area contributed by atoms with Crippen molar-refractivity contribution in [3.63, 3.8) is 0 Å². The molecule has 2 atom stereocenters. The van der Waals surface area contributed by atoms with Crippen molar-refractivity contribution in [2.45, 2.75) is 26.1 Å². The van der Waals surface area contributed by atoms with Crippen LogP contribution in [0.5, 0.6) is 5.75 Å². The summed E-state index contributed by atoms with van der Waals surface area (Å²) in [7, 11) is 1.52. The number of hydrogen-bond acceptors (Lipinski definition) is 5. The molecule has 0 spiro atoms. The molecule has 1 N–H and O–H groups in total. The Balaban J connectivity index is 2.75. The van der Waals surface area contributed by atoms with Crippen molar-refractivity contribution in [1.29, 1.82) is 0 Å². The van der Waals surface area contributed by atoms with E-state index < -0.39 is 17.8 Å². The SMILES string of the molecule is C=C(C)[C@H](O)[C@@H](OCC)c1c(OC)ccc2ccc(=O)oc12. The van der Waals surface area contributed by atoms with Crippen LogP contribution in [0.3, 0.4) is 0 Å². The summed E-state index contributed by atoms with van der Waals surface area (Å²) < 4.78 is 16.4.